The van der Waals surface area contributed by atoms with Crippen LogP contribution in [0.3, 0.4) is 0 Å². The molecule has 40 heavy (non-hydrogen) atoms. The van der Waals surface area contributed by atoms with Crippen molar-refractivity contribution in [3.05, 3.63) is 124 Å². The average molecular weight is 570 g/mol. The fourth-order valence-corrected chi connectivity index (χ4v) is 6.73. The molecule has 2 heterocycles. The van der Waals surface area contributed by atoms with E-state index >= 15 is 0 Å². The van der Waals surface area contributed by atoms with Crippen LogP contribution in [-0.2, 0) is 23.9 Å². The topological polar surface area (TPSA) is 60.9 Å². The van der Waals surface area contributed by atoms with Gasteiger partial charge in [0.05, 0.1) is 38.4 Å². The number of rotatable bonds is 5. The van der Waals surface area contributed by atoms with Gasteiger partial charge in [0.15, 0.2) is 0 Å². The molecule has 6 rings (SSSR count). The molecule has 1 saturated heterocycles. The number of piperazine rings is 1. The Morgan fingerprint density at radius 1 is 0.750 bits per heavy atom. The molecule has 4 aromatic rings. The van der Waals surface area contributed by atoms with Crippen LogP contribution in [0.1, 0.15) is 31.8 Å². The zero-order valence-electron chi connectivity index (χ0n) is 21.8. The van der Waals surface area contributed by atoms with Crippen molar-refractivity contribution in [3.8, 4) is 0 Å². The molecule has 8 heteroatoms. The van der Waals surface area contributed by atoms with E-state index < -0.39 is 10.8 Å². The molecular weight excluding hydrogens is 542 g/mol. The quantitative estimate of drug-likeness (QED) is 0.313. The van der Waals surface area contributed by atoms with E-state index in [2.05, 4.69) is 17.0 Å². The van der Waals surface area contributed by atoms with Gasteiger partial charge in [-0.15, -0.1) is 0 Å². The SMILES string of the molecule is O=C(c1ccc2c(c1)N(Cc1ccc(Cl)cc1)C(=O)c1ccccc1S2=O)N1CCN(Cc2ccccc2)CC1. The summed E-state index contributed by atoms with van der Waals surface area (Å²) in [6.07, 6.45) is 0. The van der Waals surface area contributed by atoms with E-state index in [0.717, 1.165) is 25.2 Å². The zero-order chi connectivity index (χ0) is 27.6. The van der Waals surface area contributed by atoms with Gasteiger partial charge in [0.25, 0.3) is 11.8 Å². The molecule has 1 atom stereocenters. The number of carbonyl (C=O) groups excluding carboxylic acids is 2. The molecule has 2 aliphatic heterocycles. The third kappa shape index (κ3) is 5.32. The summed E-state index contributed by atoms with van der Waals surface area (Å²) in [6, 6.07) is 29.8. The first-order valence-corrected chi connectivity index (χ1v) is 14.8. The predicted molar refractivity (Wildman–Crippen MR) is 157 cm³/mol. The van der Waals surface area contributed by atoms with Crippen LogP contribution >= 0.6 is 11.6 Å². The number of anilines is 1. The molecule has 2 amide bonds. The normalized spacial score (nSPS) is 17.2. The number of fused-ring (bicyclic) bond motifs is 2. The van der Waals surface area contributed by atoms with E-state index in [-0.39, 0.29) is 18.4 Å². The Morgan fingerprint density at radius 2 is 1.43 bits per heavy atom. The monoisotopic (exact) mass is 569 g/mol. The third-order valence-electron chi connectivity index (χ3n) is 7.42. The van der Waals surface area contributed by atoms with Gasteiger partial charge in [-0.05, 0) is 53.6 Å². The van der Waals surface area contributed by atoms with Crippen LogP contribution in [0.15, 0.2) is 107 Å². The summed E-state index contributed by atoms with van der Waals surface area (Å²) < 4.78 is 13.7. The largest absolute Gasteiger partial charge is 0.336 e. The average Bonchev–Trinajstić information content (AvgIpc) is 3.08. The molecule has 2 aliphatic rings. The van der Waals surface area contributed by atoms with Crippen molar-refractivity contribution in [2.45, 2.75) is 22.9 Å². The van der Waals surface area contributed by atoms with Crippen LogP contribution in [0.25, 0.3) is 0 Å². The predicted octanol–water partition coefficient (Wildman–Crippen LogP) is 5.63. The van der Waals surface area contributed by atoms with Gasteiger partial charge in [-0.25, -0.2) is 4.21 Å². The second kappa shape index (κ2) is 11.4. The van der Waals surface area contributed by atoms with Crippen LogP contribution < -0.4 is 4.90 Å². The van der Waals surface area contributed by atoms with Crippen LogP contribution in [0.5, 0.6) is 0 Å². The maximum Gasteiger partial charge on any atom is 0.259 e. The summed E-state index contributed by atoms with van der Waals surface area (Å²) >= 11 is 6.09. The molecule has 0 aliphatic carbocycles. The number of hydrogen-bond acceptors (Lipinski definition) is 4. The number of nitrogens with zero attached hydrogens (tertiary/aromatic N) is 3. The van der Waals surface area contributed by atoms with Crippen LogP contribution in [0.2, 0.25) is 5.02 Å². The van der Waals surface area contributed by atoms with Crippen molar-refractivity contribution in [2.24, 2.45) is 0 Å². The molecule has 0 saturated carbocycles. The van der Waals surface area contributed by atoms with Crippen molar-refractivity contribution >= 4 is 39.9 Å². The number of benzene rings is 4. The second-order valence-corrected chi connectivity index (χ2v) is 11.9. The zero-order valence-corrected chi connectivity index (χ0v) is 23.4. The molecular formula is C32H28ClN3O3S. The Morgan fingerprint density at radius 3 is 2.17 bits per heavy atom. The number of hydrogen-bond donors (Lipinski definition) is 0. The van der Waals surface area contributed by atoms with Gasteiger partial charge in [0.1, 0.15) is 0 Å². The van der Waals surface area contributed by atoms with Crippen molar-refractivity contribution in [2.75, 3.05) is 31.1 Å². The number of halogens is 1. The first-order valence-electron chi connectivity index (χ1n) is 13.2. The number of carbonyl (C=O) groups is 2. The number of amides is 2. The van der Waals surface area contributed by atoms with E-state index in [0.29, 0.717) is 44.7 Å². The molecule has 1 fully saturated rings. The summed E-state index contributed by atoms with van der Waals surface area (Å²) in [6.45, 7) is 3.92. The van der Waals surface area contributed by atoms with Gasteiger partial charge in [-0.3, -0.25) is 14.5 Å². The Balaban J connectivity index is 1.28. The summed E-state index contributed by atoms with van der Waals surface area (Å²) in [7, 11) is -1.58. The Hall–Kier alpha value is -3.78. The first kappa shape index (κ1) is 26.4. The third-order valence-corrected chi connectivity index (χ3v) is 9.17. The molecule has 6 nitrogen and oxygen atoms in total. The first-order chi connectivity index (χ1) is 19.5. The molecule has 0 bridgehead atoms. The van der Waals surface area contributed by atoms with E-state index in [1.165, 1.54) is 5.56 Å². The highest BCUT2D eigenvalue weighted by Crippen LogP contribution is 2.36. The molecule has 0 N–H and O–H groups in total. The fourth-order valence-electron chi connectivity index (χ4n) is 5.26. The minimum atomic E-state index is -1.58. The minimum Gasteiger partial charge on any atom is -0.336 e. The fraction of sp³-hybridized carbons (Fsp3) is 0.188. The Kier molecular flexibility index (Phi) is 7.52. The van der Waals surface area contributed by atoms with Gasteiger partial charge >= 0.3 is 0 Å². The highest BCUT2D eigenvalue weighted by Gasteiger charge is 2.32. The van der Waals surface area contributed by atoms with Gasteiger partial charge in [0, 0.05) is 43.3 Å². The highest BCUT2D eigenvalue weighted by molar-refractivity contribution is 7.85. The van der Waals surface area contributed by atoms with Gasteiger partial charge in [-0.2, -0.15) is 0 Å². The Bertz CT molecular complexity index is 1590. The lowest BCUT2D eigenvalue weighted by molar-refractivity contribution is 0.0628. The van der Waals surface area contributed by atoms with Gasteiger partial charge in [-0.1, -0.05) is 66.2 Å². The molecule has 1 unspecified atom stereocenters. The van der Waals surface area contributed by atoms with E-state index in [9.17, 15) is 13.8 Å². The smallest absolute Gasteiger partial charge is 0.259 e. The van der Waals surface area contributed by atoms with Crippen molar-refractivity contribution in [1.82, 2.24) is 9.80 Å². The van der Waals surface area contributed by atoms with Gasteiger partial charge < -0.3 is 9.80 Å². The minimum absolute atomic E-state index is 0.0893. The van der Waals surface area contributed by atoms with E-state index in [4.69, 9.17) is 11.6 Å². The lowest BCUT2D eigenvalue weighted by Crippen LogP contribution is -2.48. The lowest BCUT2D eigenvalue weighted by atomic mass is 10.1. The van der Waals surface area contributed by atoms with E-state index in [1.54, 1.807) is 59.5 Å². The summed E-state index contributed by atoms with van der Waals surface area (Å²) in [5.41, 5.74) is 3.50. The van der Waals surface area contributed by atoms with Gasteiger partial charge in [0.2, 0.25) is 0 Å². The standard InChI is InChI=1S/C32H28ClN3O3S/c33-26-13-10-24(11-14-26)22-36-28-20-25(12-15-30(28)40(39)29-9-5-4-8-27(29)32(36)38)31(37)35-18-16-34(17-19-35)21-23-6-2-1-3-7-23/h1-15,20H,16-19,21-22H2. The summed E-state index contributed by atoms with van der Waals surface area (Å²) in [5, 5.41) is 0.606. The van der Waals surface area contributed by atoms with Crippen LogP contribution in [-0.4, -0.2) is 52.0 Å². The van der Waals surface area contributed by atoms with Crippen molar-refractivity contribution in [3.63, 3.8) is 0 Å². The molecule has 202 valence electrons. The molecule has 0 spiro atoms. The van der Waals surface area contributed by atoms with Crippen LogP contribution in [0, 0.1) is 0 Å². The molecule has 0 radical (unpaired) electrons. The second-order valence-electron chi connectivity index (χ2n) is 10.0. The highest BCUT2D eigenvalue weighted by atomic mass is 35.5. The lowest BCUT2D eigenvalue weighted by Gasteiger charge is -2.35. The summed E-state index contributed by atoms with van der Waals surface area (Å²) in [5.74, 6) is -0.342. The van der Waals surface area contributed by atoms with Crippen molar-refractivity contribution in [1.29, 1.82) is 0 Å². The Labute approximate surface area is 241 Å². The van der Waals surface area contributed by atoms with Crippen LogP contribution in [0.4, 0.5) is 5.69 Å². The summed E-state index contributed by atoms with van der Waals surface area (Å²) in [4.78, 5) is 34.3. The maximum absolute atomic E-state index is 13.8. The van der Waals surface area contributed by atoms with E-state index in [1.807, 2.05) is 35.2 Å². The van der Waals surface area contributed by atoms with Crippen molar-refractivity contribution < 1.29 is 13.8 Å². The maximum atomic E-state index is 13.8. The molecule has 0 aromatic heterocycles. The molecule has 4 aromatic carbocycles.